The highest BCUT2D eigenvalue weighted by molar-refractivity contribution is 7.17. The van der Waals surface area contributed by atoms with E-state index < -0.39 is 0 Å². The molecule has 2 aromatic rings. The number of amides is 1. The molecule has 2 heterocycles. The molecule has 0 aliphatic carbocycles. The lowest BCUT2D eigenvalue weighted by molar-refractivity contribution is 0.0956. The van der Waals surface area contributed by atoms with Crippen LogP contribution in [0.4, 0.5) is 0 Å². The zero-order valence-corrected chi connectivity index (χ0v) is 14.8. The van der Waals surface area contributed by atoms with E-state index in [0.717, 1.165) is 39.8 Å². The molecule has 0 bridgehead atoms. The van der Waals surface area contributed by atoms with Gasteiger partial charge in [-0.25, -0.2) is 0 Å². The van der Waals surface area contributed by atoms with Gasteiger partial charge in [0.2, 0.25) is 0 Å². The Morgan fingerprint density at radius 3 is 2.75 bits per heavy atom. The first-order valence-electron chi connectivity index (χ1n) is 8.06. The number of benzene rings is 1. The Bertz CT molecular complexity index is 712. The number of thiophene rings is 1. The van der Waals surface area contributed by atoms with Crippen molar-refractivity contribution in [1.82, 2.24) is 10.2 Å². The fourth-order valence-corrected chi connectivity index (χ4v) is 3.41. The van der Waals surface area contributed by atoms with Crippen LogP contribution in [0.5, 0.6) is 11.5 Å². The van der Waals surface area contributed by atoms with Gasteiger partial charge in [-0.2, -0.15) is 0 Å². The van der Waals surface area contributed by atoms with Gasteiger partial charge in [-0.15, -0.1) is 11.3 Å². The first-order chi connectivity index (χ1) is 11.6. The summed E-state index contributed by atoms with van der Waals surface area (Å²) in [7, 11) is 4.06. The summed E-state index contributed by atoms with van der Waals surface area (Å²) in [6.45, 7) is 2.81. The predicted octanol–water partition coefficient (Wildman–Crippen LogP) is 2.87. The third-order valence-electron chi connectivity index (χ3n) is 3.72. The SMILES string of the molecule is CN(C)CCCNC(=O)c1ccc(-c2ccc3c(c2)OCCO3)s1. The van der Waals surface area contributed by atoms with E-state index in [9.17, 15) is 4.79 Å². The molecule has 6 heteroatoms. The van der Waals surface area contributed by atoms with Crippen molar-refractivity contribution in [2.24, 2.45) is 0 Å². The molecular weight excluding hydrogens is 324 g/mol. The van der Waals surface area contributed by atoms with Gasteiger partial charge in [0.25, 0.3) is 5.91 Å². The van der Waals surface area contributed by atoms with E-state index in [4.69, 9.17) is 9.47 Å². The number of hydrogen-bond acceptors (Lipinski definition) is 5. The molecule has 1 aromatic heterocycles. The van der Waals surface area contributed by atoms with Gasteiger partial charge in [-0.3, -0.25) is 4.79 Å². The van der Waals surface area contributed by atoms with Gasteiger partial charge in [0.15, 0.2) is 11.5 Å². The Balaban J connectivity index is 1.63. The van der Waals surface area contributed by atoms with Gasteiger partial charge in [0.05, 0.1) is 4.88 Å². The van der Waals surface area contributed by atoms with Crippen LogP contribution in [0, 0.1) is 0 Å². The number of nitrogens with one attached hydrogen (secondary N) is 1. The highest BCUT2D eigenvalue weighted by Gasteiger charge is 2.14. The van der Waals surface area contributed by atoms with E-state index >= 15 is 0 Å². The van der Waals surface area contributed by atoms with Gasteiger partial charge in [-0.05, 0) is 63.0 Å². The Labute approximate surface area is 146 Å². The zero-order chi connectivity index (χ0) is 16.9. The average Bonchev–Trinajstić information content (AvgIpc) is 3.08. The van der Waals surface area contributed by atoms with Gasteiger partial charge in [-0.1, -0.05) is 0 Å². The summed E-state index contributed by atoms with van der Waals surface area (Å²) in [6.07, 6.45) is 0.944. The second-order valence-corrected chi connectivity index (χ2v) is 7.02. The topological polar surface area (TPSA) is 50.8 Å². The zero-order valence-electron chi connectivity index (χ0n) is 14.0. The molecule has 0 radical (unpaired) electrons. The van der Waals surface area contributed by atoms with Crippen molar-refractivity contribution in [2.75, 3.05) is 40.4 Å². The number of nitrogens with zero attached hydrogens (tertiary/aromatic N) is 1. The maximum atomic E-state index is 12.2. The van der Waals surface area contributed by atoms with Crippen LogP contribution in [0.1, 0.15) is 16.1 Å². The smallest absolute Gasteiger partial charge is 0.261 e. The number of rotatable bonds is 6. The summed E-state index contributed by atoms with van der Waals surface area (Å²) in [4.78, 5) is 16.1. The van der Waals surface area contributed by atoms with Crippen molar-refractivity contribution in [3.8, 4) is 21.9 Å². The quantitative estimate of drug-likeness (QED) is 0.817. The first-order valence-corrected chi connectivity index (χ1v) is 8.88. The standard InChI is InChI=1S/C18H22N2O3S/c1-20(2)9-3-8-19-18(21)17-7-6-16(24-17)13-4-5-14-15(12-13)23-11-10-22-14/h4-7,12H,3,8-11H2,1-2H3,(H,19,21). The molecule has 128 valence electrons. The summed E-state index contributed by atoms with van der Waals surface area (Å²) in [5.74, 6) is 1.53. The van der Waals surface area contributed by atoms with Crippen molar-refractivity contribution in [2.45, 2.75) is 6.42 Å². The lowest BCUT2D eigenvalue weighted by Crippen LogP contribution is -2.26. The van der Waals surface area contributed by atoms with Crippen LogP contribution >= 0.6 is 11.3 Å². The minimum absolute atomic E-state index is 0.0115. The van der Waals surface area contributed by atoms with Crippen LogP contribution in [0.3, 0.4) is 0 Å². The fourth-order valence-electron chi connectivity index (χ4n) is 2.50. The van der Waals surface area contributed by atoms with Crippen molar-refractivity contribution in [1.29, 1.82) is 0 Å². The molecule has 24 heavy (non-hydrogen) atoms. The van der Waals surface area contributed by atoms with Crippen LogP contribution < -0.4 is 14.8 Å². The van der Waals surface area contributed by atoms with Crippen molar-refractivity contribution >= 4 is 17.2 Å². The lowest BCUT2D eigenvalue weighted by atomic mass is 10.1. The van der Waals surface area contributed by atoms with Crippen LogP contribution in [0.15, 0.2) is 30.3 Å². The van der Waals surface area contributed by atoms with Crippen molar-refractivity contribution < 1.29 is 14.3 Å². The largest absolute Gasteiger partial charge is 0.486 e. The molecule has 0 saturated heterocycles. The normalized spacial score (nSPS) is 13.1. The highest BCUT2D eigenvalue weighted by atomic mass is 32.1. The summed E-state index contributed by atoms with van der Waals surface area (Å²) >= 11 is 1.49. The molecule has 1 aliphatic rings. The maximum absolute atomic E-state index is 12.2. The van der Waals surface area contributed by atoms with Crippen LogP contribution in [-0.2, 0) is 0 Å². The molecule has 0 saturated carbocycles. The van der Waals surface area contributed by atoms with Gasteiger partial charge in [0, 0.05) is 11.4 Å². The van der Waals surface area contributed by atoms with E-state index in [0.29, 0.717) is 19.8 Å². The van der Waals surface area contributed by atoms with Gasteiger partial charge >= 0.3 is 0 Å². The summed E-state index contributed by atoms with van der Waals surface area (Å²) < 4.78 is 11.2. The fraction of sp³-hybridized carbons (Fsp3) is 0.389. The molecule has 5 nitrogen and oxygen atoms in total. The van der Waals surface area contributed by atoms with Crippen molar-refractivity contribution in [3.63, 3.8) is 0 Å². The van der Waals surface area contributed by atoms with Crippen LogP contribution in [0.2, 0.25) is 0 Å². The third kappa shape index (κ3) is 4.07. The molecular formula is C18H22N2O3S. The molecule has 1 N–H and O–H groups in total. The maximum Gasteiger partial charge on any atom is 0.261 e. The van der Waals surface area contributed by atoms with E-state index in [2.05, 4.69) is 10.2 Å². The average molecular weight is 346 g/mol. The Hall–Kier alpha value is -2.05. The molecule has 1 amide bonds. The van der Waals surface area contributed by atoms with Crippen LogP contribution in [0.25, 0.3) is 10.4 Å². The number of fused-ring (bicyclic) bond motifs is 1. The van der Waals surface area contributed by atoms with Crippen molar-refractivity contribution in [3.05, 3.63) is 35.2 Å². The predicted molar refractivity (Wildman–Crippen MR) is 96.2 cm³/mol. The van der Waals surface area contributed by atoms with E-state index in [1.807, 2.05) is 44.4 Å². The Morgan fingerprint density at radius 1 is 1.17 bits per heavy atom. The molecule has 0 fully saturated rings. The number of carbonyl (C=O) groups is 1. The Morgan fingerprint density at radius 2 is 1.96 bits per heavy atom. The van der Waals surface area contributed by atoms with Crippen LogP contribution in [-0.4, -0.2) is 51.2 Å². The molecule has 1 aliphatic heterocycles. The molecule has 0 atom stereocenters. The molecule has 0 spiro atoms. The monoisotopic (exact) mass is 346 g/mol. The second-order valence-electron chi connectivity index (χ2n) is 5.94. The molecule has 0 unspecified atom stereocenters. The first kappa shape index (κ1) is 16.8. The summed E-state index contributed by atoms with van der Waals surface area (Å²) in [6, 6.07) is 9.74. The van der Waals surface area contributed by atoms with E-state index in [1.54, 1.807) is 0 Å². The summed E-state index contributed by atoms with van der Waals surface area (Å²) in [5, 5.41) is 2.97. The van der Waals surface area contributed by atoms with Gasteiger partial charge in [0.1, 0.15) is 13.2 Å². The minimum atomic E-state index is -0.0115. The minimum Gasteiger partial charge on any atom is -0.486 e. The number of ether oxygens (including phenoxy) is 2. The molecule has 1 aromatic carbocycles. The molecule has 3 rings (SSSR count). The highest BCUT2D eigenvalue weighted by Crippen LogP contribution is 2.36. The lowest BCUT2D eigenvalue weighted by Gasteiger charge is -2.18. The number of carbonyl (C=O) groups excluding carboxylic acids is 1. The second kappa shape index (κ2) is 7.68. The van der Waals surface area contributed by atoms with Gasteiger partial charge < -0.3 is 19.7 Å². The van der Waals surface area contributed by atoms with E-state index in [-0.39, 0.29) is 5.91 Å². The third-order valence-corrected chi connectivity index (χ3v) is 4.86. The number of hydrogen-bond donors (Lipinski definition) is 1. The Kier molecular flexibility index (Phi) is 5.37. The summed E-state index contributed by atoms with van der Waals surface area (Å²) in [5.41, 5.74) is 1.04. The van der Waals surface area contributed by atoms with E-state index in [1.165, 1.54) is 11.3 Å².